The first-order chi connectivity index (χ1) is 7.83. The number of methoxy groups -OCH3 is 1. The molecule has 0 saturated carbocycles. The molecule has 0 saturated heterocycles. The molecule has 0 fully saturated rings. The molecule has 1 aromatic carbocycles. The molecule has 0 aliphatic heterocycles. The maximum absolute atomic E-state index is 4.96. The molecule has 0 spiro atoms. The maximum Gasteiger partial charge on any atom is 0.0961 e. The minimum atomic E-state index is 0.616. The second-order valence-corrected chi connectivity index (χ2v) is 3.97. The van der Waals surface area contributed by atoms with Crippen molar-refractivity contribution in [2.45, 2.75) is 6.42 Å². The van der Waals surface area contributed by atoms with Gasteiger partial charge in [0.2, 0.25) is 0 Å². The summed E-state index contributed by atoms with van der Waals surface area (Å²) in [5, 5.41) is 4.58. The summed E-state index contributed by atoms with van der Waals surface area (Å²) < 4.78 is 7.14. The summed E-state index contributed by atoms with van der Waals surface area (Å²) in [7, 11) is 3.79. The van der Waals surface area contributed by atoms with Crippen LogP contribution in [0.2, 0.25) is 0 Å². The van der Waals surface area contributed by atoms with Gasteiger partial charge in [0.25, 0.3) is 0 Å². The first kappa shape index (κ1) is 11.2. The number of aryl methyl sites for hydroxylation is 1. The smallest absolute Gasteiger partial charge is 0.0961 e. The van der Waals surface area contributed by atoms with Gasteiger partial charge in [-0.15, -0.1) is 0 Å². The predicted molar refractivity (Wildman–Crippen MR) is 66.5 cm³/mol. The third-order valence-corrected chi connectivity index (χ3v) is 2.80. The number of hydrogen-bond acceptors (Lipinski definition) is 2. The van der Waals surface area contributed by atoms with Gasteiger partial charge in [-0.1, -0.05) is 18.2 Å². The summed E-state index contributed by atoms with van der Waals surface area (Å²) in [6, 6.07) is 8.51. The molecule has 0 radical (unpaired) electrons. The van der Waals surface area contributed by atoms with Crippen molar-refractivity contribution < 1.29 is 4.74 Å². The lowest BCUT2D eigenvalue weighted by atomic mass is 10.1. The van der Waals surface area contributed by atoms with Crippen LogP contribution in [0.25, 0.3) is 10.9 Å². The van der Waals surface area contributed by atoms with Gasteiger partial charge in [-0.2, -0.15) is 0 Å². The predicted octanol–water partition coefficient (Wildman–Crippen LogP) is 1.91. The second kappa shape index (κ2) is 5.14. The van der Waals surface area contributed by atoms with E-state index in [1.807, 2.05) is 0 Å². The third-order valence-electron chi connectivity index (χ3n) is 2.80. The highest BCUT2D eigenvalue weighted by atomic mass is 16.5. The summed E-state index contributed by atoms with van der Waals surface area (Å²) in [6.07, 6.45) is 3.24. The number of aromatic nitrogens is 1. The minimum Gasteiger partial charge on any atom is -0.370 e. The third kappa shape index (κ3) is 2.26. The molecule has 1 aromatic heterocycles. The molecule has 2 aromatic rings. The molecule has 86 valence electrons. The number of benzene rings is 1. The van der Waals surface area contributed by atoms with Gasteiger partial charge >= 0.3 is 0 Å². The van der Waals surface area contributed by atoms with Gasteiger partial charge in [-0.25, -0.2) is 0 Å². The molecule has 0 aliphatic rings. The van der Waals surface area contributed by atoms with Crippen LogP contribution in [0, 0.1) is 0 Å². The zero-order chi connectivity index (χ0) is 11.4. The number of hydrogen-bond donors (Lipinski definition) is 1. The first-order valence-electron chi connectivity index (χ1n) is 5.55. The van der Waals surface area contributed by atoms with E-state index in [0.717, 1.165) is 13.0 Å². The fourth-order valence-corrected chi connectivity index (χ4v) is 2.02. The molecule has 1 heterocycles. The highest BCUT2D eigenvalue weighted by Crippen LogP contribution is 2.20. The molecule has 2 rings (SSSR count). The molecule has 0 aliphatic carbocycles. The Kier molecular flexibility index (Phi) is 3.59. The van der Waals surface area contributed by atoms with Crippen molar-refractivity contribution in [3.63, 3.8) is 0 Å². The molecule has 3 nitrogen and oxygen atoms in total. The normalized spacial score (nSPS) is 11.1. The molecule has 0 amide bonds. The van der Waals surface area contributed by atoms with Gasteiger partial charge in [0, 0.05) is 37.8 Å². The Labute approximate surface area is 96.0 Å². The van der Waals surface area contributed by atoms with Crippen molar-refractivity contribution in [1.29, 1.82) is 0 Å². The number of rotatable bonds is 5. The Hall–Kier alpha value is -1.32. The van der Waals surface area contributed by atoms with Crippen LogP contribution < -0.4 is 5.32 Å². The lowest BCUT2D eigenvalue weighted by molar-refractivity contribution is 0.176. The quantitative estimate of drug-likeness (QED) is 0.613. The summed E-state index contributed by atoms with van der Waals surface area (Å²) in [5.41, 5.74) is 2.69. The van der Waals surface area contributed by atoms with Gasteiger partial charge in [-0.3, -0.25) is 5.32 Å². The largest absolute Gasteiger partial charge is 0.370 e. The molecular formula is C13H18N2O. The van der Waals surface area contributed by atoms with Crippen LogP contribution in [0.3, 0.4) is 0 Å². The number of ether oxygens (including phenoxy) is 1. The summed E-state index contributed by atoms with van der Waals surface area (Å²) in [6.45, 7) is 1.56. The zero-order valence-electron chi connectivity index (χ0n) is 9.86. The van der Waals surface area contributed by atoms with Crippen molar-refractivity contribution in [2.24, 2.45) is 7.05 Å². The maximum atomic E-state index is 4.96. The van der Waals surface area contributed by atoms with Crippen molar-refractivity contribution in [2.75, 3.05) is 20.4 Å². The Morgan fingerprint density at radius 3 is 2.94 bits per heavy atom. The number of para-hydroxylation sites is 1. The Balaban J connectivity index is 2.12. The Morgan fingerprint density at radius 1 is 1.31 bits per heavy atom. The van der Waals surface area contributed by atoms with Crippen LogP contribution in [0.15, 0.2) is 30.5 Å². The molecule has 0 atom stereocenters. The molecule has 0 bridgehead atoms. The van der Waals surface area contributed by atoms with E-state index >= 15 is 0 Å². The van der Waals surface area contributed by atoms with Gasteiger partial charge in [0.1, 0.15) is 0 Å². The van der Waals surface area contributed by atoms with Gasteiger partial charge < -0.3 is 9.30 Å². The van der Waals surface area contributed by atoms with Crippen molar-refractivity contribution in [3.05, 3.63) is 36.0 Å². The van der Waals surface area contributed by atoms with E-state index < -0.39 is 0 Å². The van der Waals surface area contributed by atoms with Crippen molar-refractivity contribution in [3.8, 4) is 0 Å². The van der Waals surface area contributed by atoms with Crippen LogP contribution in [0.4, 0.5) is 0 Å². The highest BCUT2D eigenvalue weighted by molar-refractivity contribution is 5.83. The number of nitrogens with one attached hydrogen (secondary N) is 1. The Bertz CT molecular complexity index is 462. The standard InChI is InChI=1S/C13H18N2O/c1-15-9-11(7-8-14-10-16-2)12-5-3-4-6-13(12)15/h3-6,9,14H,7-8,10H2,1-2H3. The molecule has 0 unspecified atom stereocenters. The topological polar surface area (TPSA) is 26.2 Å². The van der Waals surface area contributed by atoms with Gasteiger partial charge in [-0.05, 0) is 18.1 Å². The van der Waals surface area contributed by atoms with Crippen molar-refractivity contribution >= 4 is 10.9 Å². The summed E-state index contributed by atoms with van der Waals surface area (Å²) >= 11 is 0. The summed E-state index contributed by atoms with van der Waals surface area (Å²) in [5.74, 6) is 0. The molecule has 3 heteroatoms. The lowest BCUT2D eigenvalue weighted by Gasteiger charge is -2.02. The highest BCUT2D eigenvalue weighted by Gasteiger charge is 2.04. The monoisotopic (exact) mass is 218 g/mol. The molecular weight excluding hydrogens is 200 g/mol. The van der Waals surface area contributed by atoms with Crippen LogP contribution >= 0.6 is 0 Å². The van der Waals surface area contributed by atoms with Crippen LogP contribution in [-0.4, -0.2) is 25.0 Å². The second-order valence-electron chi connectivity index (χ2n) is 3.97. The van der Waals surface area contributed by atoms with E-state index in [0.29, 0.717) is 6.73 Å². The lowest BCUT2D eigenvalue weighted by Crippen LogP contribution is -2.19. The van der Waals surface area contributed by atoms with E-state index in [4.69, 9.17) is 4.74 Å². The van der Waals surface area contributed by atoms with Gasteiger partial charge in [0.05, 0.1) is 6.73 Å². The van der Waals surface area contributed by atoms with E-state index in [1.54, 1.807) is 7.11 Å². The number of nitrogens with zero attached hydrogens (tertiary/aromatic N) is 1. The molecule has 16 heavy (non-hydrogen) atoms. The molecule has 1 N–H and O–H groups in total. The fourth-order valence-electron chi connectivity index (χ4n) is 2.02. The SMILES string of the molecule is COCNCCc1cn(C)c2ccccc12. The van der Waals surface area contributed by atoms with Crippen LogP contribution in [0.1, 0.15) is 5.56 Å². The average molecular weight is 218 g/mol. The number of fused-ring (bicyclic) bond motifs is 1. The van der Waals surface area contributed by atoms with E-state index in [9.17, 15) is 0 Å². The van der Waals surface area contributed by atoms with E-state index in [1.165, 1.54) is 16.5 Å². The minimum absolute atomic E-state index is 0.616. The zero-order valence-corrected chi connectivity index (χ0v) is 9.86. The first-order valence-corrected chi connectivity index (χ1v) is 5.55. The van der Waals surface area contributed by atoms with E-state index in [2.05, 4.69) is 47.4 Å². The average Bonchev–Trinajstić information content (AvgIpc) is 2.63. The van der Waals surface area contributed by atoms with Crippen LogP contribution in [-0.2, 0) is 18.2 Å². The fraction of sp³-hybridized carbons (Fsp3) is 0.385. The Morgan fingerprint density at radius 2 is 2.12 bits per heavy atom. The summed E-state index contributed by atoms with van der Waals surface area (Å²) in [4.78, 5) is 0. The van der Waals surface area contributed by atoms with E-state index in [-0.39, 0.29) is 0 Å². The van der Waals surface area contributed by atoms with Crippen molar-refractivity contribution in [1.82, 2.24) is 9.88 Å². The van der Waals surface area contributed by atoms with Crippen LogP contribution in [0.5, 0.6) is 0 Å². The van der Waals surface area contributed by atoms with Gasteiger partial charge in [0.15, 0.2) is 0 Å².